The summed E-state index contributed by atoms with van der Waals surface area (Å²) >= 11 is 0. The van der Waals surface area contributed by atoms with Gasteiger partial charge in [-0.05, 0) is 32.3 Å². The fraction of sp³-hybridized carbons (Fsp3) is 0.357. The second kappa shape index (κ2) is 5.23. The highest BCUT2D eigenvalue weighted by molar-refractivity contribution is 6.04. The van der Waals surface area contributed by atoms with Gasteiger partial charge in [-0.25, -0.2) is 4.79 Å². The third-order valence-electron chi connectivity index (χ3n) is 3.05. The van der Waals surface area contributed by atoms with E-state index < -0.39 is 5.97 Å². The van der Waals surface area contributed by atoms with Crippen LogP contribution in [0.1, 0.15) is 35.8 Å². The fourth-order valence-electron chi connectivity index (χ4n) is 2.20. The van der Waals surface area contributed by atoms with Gasteiger partial charge in [0.2, 0.25) is 0 Å². The monoisotopic (exact) mass is 247 g/mol. The first kappa shape index (κ1) is 12.6. The number of para-hydroxylation sites is 1. The number of aromatic amines is 1. The van der Waals surface area contributed by atoms with Gasteiger partial charge >= 0.3 is 5.97 Å². The number of aryl methyl sites for hydroxylation is 1. The first-order valence-electron chi connectivity index (χ1n) is 6.10. The molecule has 1 aromatic heterocycles. The van der Waals surface area contributed by atoms with Crippen molar-refractivity contribution in [2.24, 2.45) is 0 Å². The Balaban J connectivity index is 2.31. The van der Waals surface area contributed by atoms with Crippen LogP contribution >= 0.6 is 0 Å². The summed E-state index contributed by atoms with van der Waals surface area (Å²) in [5.41, 5.74) is 1.95. The van der Waals surface area contributed by atoms with Gasteiger partial charge < -0.3 is 15.2 Å². The number of carbonyl (C=O) groups is 1. The smallest absolute Gasteiger partial charge is 0.338 e. The lowest BCUT2D eigenvalue weighted by atomic mass is 10.1. The van der Waals surface area contributed by atoms with Gasteiger partial charge in [0.05, 0.1) is 11.7 Å². The number of rotatable bonds is 5. The standard InChI is InChI=1S/C14H17NO3/c1-9(16)5-4-8-12-13(14(17)18)10-6-2-3-7-11(10)15-12/h2-3,6-7,9,15-16H,4-5,8H2,1H3,(H,17,18). The van der Waals surface area contributed by atoms with Crippen molar-refractivity contribution in [2.45, 2.75) is 32.3 Å². The van der Waals surface area contributed by atoms with E-state index in [2.05, 4.69) is 4.98 Å². The molecular weight excluding hydrogens is 230 g/mol. The number of aromatic nitrogens is 1. The summed E-state index contributed by atoms with van der Waals surface area (Å²) in [4.78, 5) is 14.5. The Morgan fingerprint density at radius 2 is 2.11 bits per heavy atom. The number of aliphatic hydroxyl groups is 1. The molecule has 1 unspecified atom stereocenters. The molecule has 1 atom stereocenters. The second-order valence-electron chi connectivity index (χ2n) is 4.57. The van der Waals surface area contributed by atoms with Crippen LogP contribution in [0.4, 0.5) is 0 Å². The van der Waals surface area contributed by atoms with Gasteiger partial charge in [-0.1, -0.05) is 18.2 Å². The molecule has 0 amide bonds. The first-order chi connectivity index (χ1) is 8.59. The number of nitrogens with one attached hydrogen (secondary N) is 1. The normalized spacial score (nSPS) is 12.8. The lowest BCUT2D eigenvalue weighted by Gasteiger charge is -2.03. The highest BCUT2D eigenvalue weighted by Gasteiger charge is 2.16. The molecule has 96 valence electrons. The molecule has 4 nitrogen and oxygen atoms in total. The zero-order valence-electron chi connectivity index (χ0n) is 10.3. The number of benzene rings is 1. The molecule has 3 N–H and O–H groups in total. The average molecular weight is 247 g/mol. The van der Waals surface area contributed by atoms with E-state index >= 15 is 0 Å². The van der Waals surface area contributed by atoms with E-state index in [0.717, 1.165) is 23.0 Å². The minimum atomic E-state index is -0.903. The van der Waals surface area contributed by atoms with Crippen LogP contribution in [0, 0.1) is 0 Å². The van der Waals surface area contributed by atoms with Gasteiger partial charge in [-0.3, -0.25) is 0 Å². The van der Waals surface area contributed by atoms with Gasteiger partial charge in [-0.2, -0.15) is 0 Å². The van der Waals surface area contributed by atoms with Crippen molar-refractivity contribution in [1.82, 2.24) is 4.98 Å². The highest BCUT2D eigenvalue weighted by atomic mass is 16.4. The van der Waals surface area contributed by atoms with E-state index in [1.807, 2.05) is 24.3 Å². The largest absolute Gasteiger partial charge is 0.478 e. The van der Waals surface area contributed by atoms with E-state index in [0.29, 0.717) is 18.4 Å². The second-order valence-corrected chi connectivity index (χ2v) is 4.57. The Hall–Kier alpha value is -1.81. The van der Waals surface area contributed by atoms with Crippen molar-refractivity contribution in [3.63, 3.8) is 0 Å². The van der Waals surface area contributed by atoms with Gasteiger partial charge in [0.1, 0.15) is 0 Å². The van der Waals surface area contributed by atoms with E-state index in [4.69, 9.17) is 0 Å². The SMILES string of the molecule is CC(O)CCCc1[nH]c2ccccc2c1C(=O)O. The van der Waals surface area contributed by atoms with Crippen molar-refractivity contribution in [3.05, 3.63) is 35.5 Å². The quantitative estimate of drug-likeness (QED) is 0.760. The van der Waals surface area contributed by atoms with Crippen LogP contribution in [0.5, 0.6) is 0 Å². The molecule has 0 saturated carbocycles. The molecule has 0 bridgehead atoms. The molecule has 1 aromatic carbocycles. The van der Waals surface area contributed by atoms with Crippen LogP contribution in [-0.4, -0.2) is 27.3 Å². The van der Waals surface area contributed by atoms with Crippen LogP contribution in [0.15, 0.2) is 24.3 Å². The number of hydrogen-bond acceptors (Lipinski definition) is 2. The summed E-state index contributed by atoms with van der Waals surface area (Å²) in [5.74, 6) is -0.903. The number of hydrogen-bond donors (Lipinski definition) is 3. The summed E-state index contributed by atoms with van der Waals surface area (Å²) in [6.45, 7) is 1.74. The molecule has 18 heavy (non-hydrogen) atoms. The fourth-order valence-corrected chi connectivity index (χ4v) is 2.20. The van der Waals surface area contributed by atoms with Gasteiger partial charge in [0, 0.05) is 16.6 Å². The van der Waals surface area contributed by atoms with Gasteiger partial charge in [0.25, 0.3) is 0 Å². The summed E-state index contributed by atoms with van der Waals surface area (Å²) < 4.78 is 0. The third-order valence-corrected chi connectivity index (χ3v) is 3.05. The van der Waals surface area contributed by atoms with E-state index in [1.54, 1.807) is 6.92 Å². The molecule has 4 heteroatoms. The lowest BCUT2D eigenvalue weighted by Crippen LogP contribution is -2.03. The summed E-state index contributed by atoms with van der Waals surface area (Å²) in [6.07, 6.45) is 1.74. The molecule has 0 fully saturated rings. The molecule has 0 aliphatic heterocycles. The predicted octanol–water partition coefficient (Wildman–Crippen LogP) is 2.57. The molecule has 2 aromatic rings. The van der Waals surface area contributed by atoms with Crippen LogP contribution in [-0.2, 0) is 6.42 Å². The van der Waals surface area contributed by atoms with Crippen LogP contribution in [0.3, 0.4) is 0 Å². The molecule has 2 rings (SSSR count). The third kappa shape index (κ3) is 2.54. The molecular formula is C14H17NO3. The molecule has 1 heterocycles. The maximum atomic E-state index is 11.3. The van der Waals surface area contributed by atoms with Crippen LogP contribution in [0.25, 0.3) is 10.9 Å². The number of H-pyrrole nitrogens is 1. The highest BCUT2D eigenvalue weighted by Crippen LogP contribution is 2.23. The average Bonchev–Trinajstić information content (AvgIpc) is 2.66. The first-order valence-corrected chi connectivity index (χ1v) is 6.10. The topological polar surface area (TPSA) is 73.3 Å². The molecule has 0 aliphatic carbocycles. The molecule has 0 aliphatic rings. The summed E-state index contributed by atoms with van der Waals surface area (Å²) in [7, 11) is 0. The molecule has 0 spiro atoms. The molecule has 0 radical (unpaired) electrons. The van der Waals surface area contributed by atoms with E-state index in [1.165, 1.54) is 0 Å². The Kier molecular flexibility index (Phi) is 3.67. The van der Waals surface area contributed by atoms with Crippen LogP contribution in [0.2, 0.25) is 0 Å². The van der Waals surface area contributed by atoms with Gasteiger partial charge in [-0.15, -0.1) is 0 Å². The predicted molar refractivity (Wildman–Crippen MR) is 69.9 cm³/mol. The van der Waals surface area contributed by atoms with Crippen LogP contribution < -0.4 is 0 Å². The number of aromatic carboxylic acids is 1. The lowest BCUT2D eigenvalue weighted by molar-refractivity contribution is 0.0698. The zero-order chi connectivity index (χ0) is 13.1. The zero-order valence-corrected chi connectivity index (χ0v) is 10.3. The van der Waals surface area contributed by atoms with Crippen molar-refractivity contribution in [1.29, 1.82) is 0 Å². The van der Waals surface area contributed by atoms with E-state index in [-0.39, 0.29) is 6.10 Å². The summed E-state index contributed by atoms with van der Waals surface area (Å²) in [5, 5.41) is 19.3. The Morgan fingerprint density at radius 1 is 1.39 bits per heavy atom. The molecule has 0 saturated heterocycles. The van der Waals surface area contributed by atoms with Gasteiger partial charge in [0.15, 0.2) is 0 Å². The minimum Gasteiger partial charge on any atom is -0.478 e. The van der Waals surface area contributed by atoms with E-state index in [9.17, 15) is 15.0 Å². The Labute approximate surface area is 105 Å². The van der Waals surface area contributed by atoms with Crippen molar-refractivity contribution in [2.75, 3.05) is 0 Å². The number of carboxylic acids is 1. The van der Waals surface area contributed by atoms with Crippen molar-refractivity contribution < 1.29 is 15.0 Å². The summed E-state index contributed by atoms with van der Waals surface area (Å²) in [6, 6.07) is 7.40. The minimum absolute atomic E-state index is 0.345. The number of aliphatic hydroxyl groups excluding tert-OH is 1. The number of fused-ring (bicyclic) bond motifs is 1. The maximum absolute atomic E-state index is 11.3. The number of carboxylic acid groups (broad SMARTS) is 1. The Bertz CT molecular complexity index is 557. The van der Waals surface area contributed by atoms with Crippen molar-refractivity contribution in [3.8, 4) is 0 Å². The maximum Gasteiger partial charge on any atom is 0.338 e. The Morgan fingerprint density at radius 3 is 2.78 bits per heavy atom. The van der Waals surface area contributed by atoms with Crippen molar-refractivity contribution >= 4 is 16.9 Å².